The fraction of sp³-hybridized carbons (Fsp3) is 0.778. The van der Waals surface area contributed by atoms with Crippen LogP contribution < -0.4 is 0 Å². The van der Waals surface area contributed by atoms with Gasteiger partial charge in [0, 0.05) is 0 Å². The van der Waals surface area contributed by atoms with Crippen LogP contribution in [0.1, 0.15) is 79.1 Å². The molecule has 0 aromatic heterocycles. The average molecular weight is 453 g/mol. The molecule has 5 heteroatoms. The lowest BCUT2D eigenvalue weighted by atomic mass is 9.46. The van der Waals surface area contributed by atoms with E-state index in [2.05, 4.69) is 32.9 Å². The molecule has 0 radical (unpaired) electrons. The molecule has 2 fully saturated rings. The smallest absolute Gasteiger partial charge is 0.390 e. The molecule has 0 aromatic rings. The van der Waals surface area contributed by atoms with Crippen molar-refractivity contribution in [2.24, 2.45) is 34.5 Å². The Labute approximate surface area is 190 Å². The van der Waals surface area contributed by atoms with Gasteiger partial charge in [0.1, 0.15) is 0 Å². The third-order valence-corrected chi connectivity index (χ3v) is 9.96. The highest BCUT2D eigenvalue weighted by Gasteiger charge is 2.57. The van der Waals surface area contributed by atoms with Crippen LogP contribution in [0, 0.1) is 34.5 Å². The highest BCUT2D eigenvalue weighted by molar-refractivity contribution is 5.33. The van der Waals surface area contributed by atoms with Crippen LogP contribution in [0.4, 0.5) is 13.2 Å². The molecular formula is C27H39F3O2. The van der Waals surface area contributed by atoms with Gasteiger partial charge in [-0.1, -0.05) is 63.1 Å². The number of hydrogen-bond donors (Lipinski definition) is 2. The van der Waals surface area contributed by atoms with Gasteiger partial charge in [0.25, 0.3) is 0 Å². The van der Waals surface area contributed by atoms with E-state index in [1.807, 2.05) is 6.92 Å². The molecular weight excluding hydrogens is 413 g/mol. The molecule has 0 spiro atoms. The Morgan fingerprint density at radius 3 is 2.44 bits per heavy atom. The lowest BCUT2D eigenvalue weighted by molar-refractivity contribution is -0.187. The van der Waals surface area contributed by atoms with Crippen LogP contribution in [0.15, 0.2) is 35.5 Å². The number of alkyl halides is 3. The summed E-state index contributed by atoms with van der Waals surface area (Å²) in [5.41, 5.74) is 2.33. The van der Waals surface area contributed by atoms with Crippen LogP contribution in [0.25, 0.3) is 0 Å². The molecule has 0 amide bonds. The predicted molar refractivity (Wildman–Crippen MR) is 121 cm³/mol. The molecule has 2 N–H and O–H groups in total. The van der Waals surface area contributed by atoms with Crippen molar-refractivity contribution in [1.29, 1.82) is 0 Å². The van der Waals surface area contributed by atoms with E-state index in [1.54, 1.807) is 0 Å². The first-order valence-corrected chi connectivity index (χ1v) is 12.4. The molecule has 0 aliphatic heterocycles. The standard InChI is InChI=1S/C27H39F3O2/c1-5-26(32)15-14-24(3)18(16-26)7-8-19-21-10-9-20(25(21,4)13-12-22(19)24)17(2)6-11-23(31)27(28,29)30/h6-7,9,11,17,19,21-23,31-32H,5,8,10,12-16H2,1-4H3/b11-6+/t17-,19+,21+,22+,23?,24+,25-,26+/m1/s1. The zero-order valence-electron chi connectivity index (χ0n) is 19.9. The van der Waals surface area contributed by atoms with Crippen molar-refractivity contribution in [1.82, 2.24) is 0 Å². The maximum Gasteiger partial charge on any atom is 0.417 e. The maximum atomic E-state index is 12.7. The molecule has 4 aliphatic rings. The van der Waals surface area contributed by atoms with Gasteiger partial charge in [-0.2, -0.15) is 13.2 Å². The minimum Gasteiger partial charge on any atom is -0.390 e. The van der Waals surface area contributed by atoms with Crippen LogP contribution >= 0.6 is 0 Å². The largest absolute Gasteiger partial charge is 0.417 e. The second-order valence-corrected chi connectivity index (χ2v) is 11.5. The van der Waals surface area contributed by atoms with Crippen molar-refractivity contribution < 1.29 is 23.4 Å². The summed E-state index contributed by atoms with van der Waals surface area (Å²) < 4.78 is 38.1. The number of hydrogen-bond acceptors (Lipinski definition) is 2. The van der Waals surface area contributed by atoms with E-state index in [4.69, 9.17) is 0 Å². The Morgan fingerprint density at radius 1 is 1.06 bits per heavy atom. The van der Waals surface area contributed by atoms with Crippen LogP contribution in [0.5, 0.6) is 0 Å². The molecule has 32 heavy (non-hydrogen) atoms. The van der Waals surface area contributed by atoms with Crippen molar-refractivity contribution in [2.45, 2.75) is 96.9 Å². The number of aliphatic hydroxyl groups excluding tert-OH is 1. The fourth-order valence-corrected chi connectivity index (χ4v) is 7.81. The van der Waals surface area contributed by atoms with Gasteiger partial charge in [-0.15, -0.1) is 0 Å². The van der Waals surface area contributed by atoms with E-state index in [1.165, 1.54) is 17.2 Å². The van der Waals surface area contributed by atoms with Crippen LogP contribution in [-0.4, -0.2) is 28.1 Å². The van der Waals surface area contributed by atoms with E-state index in [9.17, 15) is 23.4 Å². The maximum absolute atomic E-state index is 12.7. The highest BCUT2D eigenvalue weighted by Crippen LogP contribution is 2.66. The van der Waals surface area contributed by atoms with Crippen molar-refractivity contribution in [3.8, 4) is 0 Å². The zero-order chi connectivity index (χ0) is 23.5. The van der Waals surface area contributed by atoms with E-state index in [0.29, 0.717) is 17.8 Å². The molecule has 8 atom stereocenters. The summed E-state index contributed by atoms with van der Waals surface area (Å²) in [5.74, 6) is 1.60. The number of allylic oxidation sites excluding steroid dienone is 4. The third kappa shape index (κ3) is 3.81. The topological polar surface area (TPSA) is 40.5 Å². The molecule has 0 aromatic carbocycles. The Bertz CT molecular complexity index is 827. The van der Waals surface area contributed by atoms with Gasteiger partial charge in [0.15, 0.2) is 6.10 Å². The summed E-state index contributed by atoms with van der Waals surface area (Å²) in [6, 6.07) is 0. The molecule has 1 unspecified atom stereocenters. The summed E-state index contributed by atoms with van der Waals surface area (Å²) in [6.45, 7) is 8.77. The fourth-order valence-electron chi connectivity index (χ4n) is 7.81. The van der Waals surface area contributed by atoms with Crippen LogP contribution in [0.2, 0.25) is 0 Å². The second-order valence-electron chi connectivity index (χ2n) is 11.5. The lowest BCUT2D eigenvalue weighted by Crippen LogP contribution is -2.51. The minimum absolute atomic E-state index is 0.00857. The highest BCUT2D eigenvalue weighted by atomic mass is 19.4. The molecule has 2 saturated carbocycles. The average Bonchev–Trinajstić information content (AvgIpc) is 3.09. The Kier molecular flexibility index (Phi) is 6.02. The van der Waals surface area contributed by atoms with Gasteiger partial charge in [0.2, 0.25) is 0 Å². The summed E-state index contributed by atoms with van der Waals surface area (Å²) in [7, 11) is 0. The Morgan fingerprint density at radius 2 is 1.78 bits per heavy atom. The summed E-state index contributed by atoms with van der Waals surface area (Å²) >= 11 is 0. The molecule has 2 nitrogen and oxygen atoms in total. The molecule has 0 saturated heterocycles. The Balaban J connectivity index is 1.53. The summed E-state index contributed by atoms with van der Waals surface area (Å²) in [5, 5.41) is 20.3. The normalized spacial score (nSPS) is 43.7. The van der Waals surface area contributed by atoms with Gasteiger partial charge in [-0.25, -0.2) is 0 Å². The van der Waals surface area contributed by atoms with E-state index < -0.39 is 17.9 Å². The quantitative estimate of drug-likeness (QED) is 0.464. The van der Waals surface area contributed by atoms with Crippen molar-refractivity contribution in [2.75, 3.05) is 0 Å². The zero-order valence-corrected chi connectivity index (χ0v) is 19.9. The van der Waals surface area contributed by atoms with Gasteiger partial charge in [-0.3, -0.25) is 0 Å². The predicted octanol–water partition coefficient (Wildman–Crippen LogP) is 6.74. The third-order valence-electron chi connectivity index (χ3n) is 9.96. The number of rotatable bonds is 4. The van der Waals surface area contributed by atoms with E-state index in [0.717, 1.165) is 57.4 Å². The van der Waals surface area contributed by atoms with Crippen molar-refractivity contribution >= 4 is 0 Å². The molecule has 4 rings (SSSR count). The first-order valence-electron chi connectivity index (χ1n) is 12.4. The van der Waals surface area contributed by atoms with Gasteiger partial charge in [-0.05, 0) is 85.9 Å². The van der Waals surface area contributed by atoms with Crippen LogP contribution in [0.3, 0.4) is 0 Å². The first-order chi connectivity index (χ1) is 14.8. The van der Waals surface area contributed by atoms with Gasteiger partial charge in [0.05, 0.1) is 5.60 Å². The van der Waals surface area contributed by atoms with E-state index >= 15 is 0 Å². The number of aliphatic hydroxyl groups is 2. The van der Waals surface area contributed by atoms with Gasteiger partial charge >= 0.3 is 6.18 Å². The molecule has 0 bridgehead atoms. The van der Waals surface area contributed by atoms with Gasteiger partial charge < -0.3 is 10.2 Å². The molecule has 180 valence electrons. The van der Waals surface area contributed by atoms with E-state index in [-0.39, 0.29) is 16.7 Å². The van der Waals surface area contributed by atoms with Crippen LogP contribution in [-0.2, 0) is 0 Å². The minimum atomic E-state index is -4.61. The number of fused-ring (bicyclic) bond motifs is 5. The Hall–Kier alpha value is -1.07. The van der Waals surface area contributed by atoms with Crippen molar-refractivity contribution in [3.63, 3.8) is 0 Å². The summed E-state index contributed by atoms with van der Waals surface area (Å²) in [6.07, 6.45) is 7.88. The molecule has 4 aliphatic carbocycles. The molecule has 0 heterocycles. The summed E-state index contributed by atoms with van der Waals surface area (Å²) in [4.78, 5) is 0. The second kappa shape index (κ2) is 8.01. The van der Waals surface area contributed by atoms with Crippen molar-refractivity contribution in [3.05, 3.63) is 35.5 Å². The lowest BCUT2D eigenvalue weighted by Gasteiger charge is -2.59. The number of halogens is 3. The first kappa shape index (κ1) is 24.1. The monoisotopic (exact) mass is 452 g/mol. The SMILES string of the molecule is CC[C@]1(O)CC[C@@]2(C)C(=CC[C@@H]3[C@@H]2CC[C@]2(C)C([C@H](C)/C=C/C(O)C(F)(F)F)=CC[C@@H]32)C1.